The molecular weight excluding hydrogens is 1070 g/mol. The van der Waals surface area contributed by atoms with E-state index in [0.717, 1.165) is 28.5 Å². The molecule has 0 aliphatic heterocycles. The largest absolute Gasteiger partial charge is 0.503 e. The summed E-state index contributed by atoms with van der Waals surface area (Å²) in [5, 5.41) is 17.1. The predicted molar refractivity (Wildman–Crippen MR) is 294 cm³/mol. The predicted octanol–water partition coefficient (Wildman–Crippen LogP) is 11.4. The molecule has 0 fully saturated rings. The number of halogens is 3. The van der Waals surface area contributed by atoms with Gasteiger partial charge in [-0.05, 0) is 54.8 Å². The first-order valence-corrected chi connectivity index (χ1v) is 24.2. The minimum absolute atomic E-state index is 0.0774. The van der Waals surface area contributed by atoms with Gasteiger partial charge in [0.25, 0.3) is 0 Å². The summed E-state index contributed by atoms with van der Waals surface area (Å²) >= 11 is 0. The quantitative estimate of drug-likeness (QED) is 0.0172. The van der Waals surface area contributed by atoms with Gasteiger partial charge in [0, 0.05) is 22.8 Å². The van der Waals surface area contributed by atoms with E-state index in [-0.39, 0.29) is 47.7 Å². The molecule has 22 heteroatoms. The van der Waals surface area contributed by atoms with Crippen LogP contribution >= 0.6 is 0 Å². The number of esters is 3. The van der Waals surface area contributed by atoms with E-state index in [2.05, 4.69) is 31.3 Å². The van der Waals surface area contributed by atoms with Crippen molar-refractivity contribution in [3.8, 4) is 35.2 Å². The van der Waals surface area contributed by atoms with E-state index < -0.39 is 29.8 Å². The number of aromatic nitrogens is 3. The Bertz CT molecular complexity index is 3470. The van der Waals surface area contributed by atoms with Gasteiger partial charge in [-0.1, -0.05) is 125 Å². The third-order valence-corrected chi connectivity index (χ3v) is 10.9. The fourth-order valence-electron chi connectivity index (χ4n) is 7.08. The van der Waals surface area contributed by atoms with E-state index in [1.165, 1.54) is 79.7 Å². The summed E-state index contributed by atoms with van der Waals surface area (Å²) in [5.74, 6) is -0.855. The highest BCUT2D eigenvalue weighted by atomic mass is 19.4. The lowest BCUT2D eigenvalue weighted by Gasteiger charge is -2.13. The molecule has 0 bridgehead atoms. The highest BCUT2D eigenvalue weighted by Crippen LogP contribution is 2.33. The van der Waals surface area contributed by atoms with E-state index in [0.29, 0.717) is 39.3 Å². The molecule has 424 valence electrons. The number of ether oxygens (including phenoxy) is 8. The summed E-state index contributed by atoms with van der Waals surface area (Å²) in [7, 11) is 7.99. The Labute approximate surface area is 470 Å². The van der Waals surface area contributed by atoms with Crippen LogP contribution in [0.4, 0.5) is 13.2 Å². The number of methoxy groups -OCH3 is 5. The van der Waals surface area contributed by atoms with Gasteiger partial charge in [-0.25, -0.2) is 29.3 Å². The van der Waals surface area contributed by atoms with Gasteiger partial charge in [0.1, 0.15) is 61.1 Å². The van der Waals surface area contributed by atoms with Gasteiger partial charge in [-0.3, -0.25) is 0 Å². The topological polar surface area (TPSA) is 231 Å². The number of para-hydroxylation sites is 2. The zero-order valence-electron chi connectivity index (χ0n) is 45.6. The van der Waals surface area contributed by atoms with Crippen molar-refractivity contribution >= 4 is 40.5 Å². The molecule has 7 aromatic rings. The van der Waals surface area contributed by atoms with Gasteiger partial charge in [0.2, 0.25) is 17.6 Å². The molecule has 7 rings (SSSR count). The molecule has 82 heavy (non-hydrogen) atoms. The number of hydrogen-bond donors (Lipinski definition) is 0. The van der Waals surface area contributed by atoms with E-state index in [1.807, 2.05) is 50.2 Å². The highest BCUT2D eigenvalue weighted by molar-refractivity contribution is 6.43. The fraction of sp³-hybridized carbons (Fsp3) is 0.183. The second-order valence-corrected chi connectivity index (χ2v) is 16.4. The SMILES string of the molecule is CO/C=C(\C(=O)OC)c1ccccc1COc1cccc(C(F)(F)F)n1.CO/C=C(\C(=O)OC)c1ccccc1Oc1cc(Oc2ccccc2C#N)ncn1.CO/N=C(\C(=O)OC)c1ccccc1CO/N=C(\C)c1cccc(C)c1. The van der Waals surface area contributed by atoms with Crippen LogP contribution in [0.2, 0.25) is 0 Å². The maximum absolute atomic E-state index is 12.7. The van der Waals surface area contributed by atoms with Crippen molar-refractivity contribution in [1.82, 2.24) is 15.0 Å². The average Bonchev–Trinajstić information content (AvgIpc) is 3.67. The number of carbonyl (C=O) groups excluding carboxylic acids is 3. The third-order valence-electron chi connectivity index (χ3n) is 10.9. The lowest BCUT2D eigenvalue weighted by atomic mass is 10.0. The number of nitrogens with zero attached hydrogens (tertiary/aromatic N) is 6. The molecule has 0 spiro atoms. The van der Waals surface area contributed by atoms with E-state index in [9.17, 15) is 32.8 Å². The minimum Gasteiger partial charge on any atom is -0.503 e. The Balaban J connectivity index is 0.000000226. The molecule has 0 saturated carbocycles. The Hall–Kier alpha value is -10.6. The van der Waals surface area contributed by atoms with E-state index in [4.69, 9.17) is 47.6 Å². The molecule has 0 saturated heterocycles. The van der Waals surface area contributed by atoms with Crippen LogP contribution in [0.25, 0.3) is 11.1 Å². The van der Waals surface area contributed by atoms with E-state index in [1.54, 1.807) is 84.9 Å². The van der Waals surface area contributed by atoms with Crippen LogP contribution in [-0.2, 0) is 67.1 Å². The van der Waals surface area contributed by atoms with Crippen LogP contribution in [0, 0.1) is 18.3 Å². The second-order valence-electron chi connectivity index (χ2n) is 16.4. The van der Waals surface area contributed by atoms with Crippen LogP contribution in [-0.4, -0.2) is 86.9 Å². The lowest BCUT2D eigenvalue weighted by molar-refractivity contribution is -0.141. The molecular formula is C60H55F3N6O13. The third kappa shape index (κ3) is 18.3. The highest BCUT2D eigenvalue weighted by Gasteiger charge is 2.33. The number of benzene rings is 5. The van der Waals surface area contributed by atoms with Crippen molar-refractivity contribution < 1.29 is 75.1 Å². The molecule has 19 nitrogen and oxygen atoms in total. The number of carbonyl (C=O) groups is 3. The molecule has 0 aliphatic carbocycles. The van der Waals surface area contributed by atoms with Crippen molar-refractivity contribution in [1.29, 1.82) is 5.26 Å². The Morgan fingerprint density at radius 1 is 0.598 bits per heavy atom. The zero-order chi connectivity index (χ0) is 59.4. The number of alkyl halides is 3. The van der Waals surface area contributed by atoms with Crippen molar-refractivity contribution in [2.45, 2.75) is 33.2 Å². The Morgan fingerprint density at radius 2 is 1.15 bits per heavy atom. The van der Waals surface area contributed by atoms with Crippen LogP contribution < -0.4 is 14.2 Å². The Morgan fingerprint density at radius 3 is 1.74 bits per heavy atom. The van der Waals surface area contributed by atoms with Crippen LogP contribution in [0.1, 0.15) is 57.1 Å². The first-order valence-electron chi connectivity index (χ1n) is 24.2. The average molecular weight is 1130 g/mol. The molecule has 0 unspecified atom stereocenters. The zero-order valence-corrected chi connectivity index (χ0v) is 45.6. The standard InChI is InChI=1S/C22H17N3O5.C20H22N2O4.C18H16F3NO4/c1-27-13-17(22(26)28-2)16-8-4-6-10-19(16)30-21-11-20(24-14-25-21)29-18-9-5-3-7-15(18)12-23;1-14-8-7-10-16(12-14)15(2)21-26-13-17-9-5-6-11-18(17)19(22-25-4)20(23)24-3;1-24-11-14(17(23)25-2)13-7-4-3-6-12(13)10-26-16-9-5-8-15(22-16)18(19,20)21/h3-11,13-14H,1-2H3;5-12H,13H2,1-4H3;3-9,11H,10H2,1-2H3/b17-13-;21-15+,22-19-;14-11-. The molecule has 5 aromatic carbocycles. The van der Waals surface area contributed by atoms with Gasteiger partial charge < -0.3 is 47.6 Å². The molecule has 2 heterocycles. The molecule has 0 aliphatic rings. The molecule has 0 amide bonds. The number of oxime groups is 2. The molecule has 0 radical (unpaired) electrons. The van der Waals surface area contributed by atoms with Gasteiger partial charge >= 0.3 is 24.1 Å². The monoisotopic (exact) mass is 1120 g/mol. The molecule has 0 atom stereocenters. The van der Waals surface area contributed by atoms with Crippen molar-refractivity contribution in [3.63, 3.8) is 0 Å². The first kappa shape index (κ1) is 62.3. The number of nitriles is 1. The lowest BCUT2D eigenvalue weighted by Crippen LogP contribution is -2.19. The summed E-state index contributed by atoms with van der Waals surface area (Å²) in [5.41, 5.74) is 5.48. The normalized spacial score (nSPS) is 11.4. The summed E-state index contributed by atoms with van der Waals surface area (Å²) in [6, 6.07) is 42.6. The summed E-state index contributed by atoms with van der Waals surface area (Å²) in [4.78, 5) is 57.9. The number of hydrogen-bond acceptors (Lipinski definition) is 19. The van der Waals surface area contributed by atoms with E-state index >= 15 is 0 Å². The number of rotatable bonds is 20. The van der Waals surface area contributed by atoms with Crippen molar-refractivity contribution in [2.75, 3.05) is 42.7 Å². The van der Waals surface area contributed by atoms with Crippen molar-refractivity contribution in [2.24, 2.45) is 10.3 Å². The molecule has 0 N–H and O–H groups in total. The summed E-state index contributed by atoms with van der Waals surface area (Å²) in [6.07, 6.45) is -0.778. The van der Waals surface area contributed by atoms with Gasteiger partial charge in [-0.15, -0.1) is 0 Å². The maximum Gasteiger partial charge on any atom is 0.433 e. The smallest absolute Gasteiger partial charge is 0.433 e. The van der Waals surface area contributed by atoms with Gasteiger partial charge in [-0.2, -0.15) is 18.4 Å². The van der Waals surface area contributed by atoms with Crippen molar-refractivity contribution in [3.05, 3.63) is 215 Å². The number of pyridine rings is 1. The summed E-state index contributed by atoms with van der Waals surface area (Å²) < 4.78 is 79.3. The first-order chi connectivity index (χ1) is 39.6. The van der Waals surface area contributed by atoms with Crippen LogP contribution in [0.5, 0.6) is 29.1 Å². The van der Waals surface area contributed by atoms with Gasteiger partial charge in [0.05, 0.1) is 65.4 Å². The fourth-order valence-corrected chi connectivity index (χ4v) is 7.08. The van der Waals surface area contributed by atoms with Crippen LogP contribution in [0.15, 0.2) is 175 Å². The Kier molecular flexibility index (Phi) is 24.1. The number of aryl methyl sites for hydroxylation is 1. The maximum atomic E-state index is 12.7. The second kappa shape index (κ2) is 31.7. The minimum atomic E-state index is -4.56. The van der Waals surface area contributed by atoms with Gasteiger partial charge in [0.15, 0.2) is 5.71 Å². The summed E-state index contributed by atoms with van der Waals surface area (Å²) in [6.45, 7) is 3.99. The van der Waals surface area contributed by atoms with Crippen LogP contribution in [0.3, 0.4) is 0 Å². The molecule has 2 aromatic heterocycles.